The predicted octanol–water partition coefficient (Wildman–Crippen LogP) is 2.28. The molecule has 0 atom stereocenters. The maximum Gasteiger partial charge on any atom is 0.119 e. The number of likely N-dealkylation sites (N-methyl/N-ethyl adjacent to an activating group) is 1. The summed E-state index contributed by atoms with van der Waals surface area (Å²) in [7, 11) is 2.09. The number of ether oxygens (including phenoxy) is 1. The molecule has 0 fully saturated rings. The van der Waals surface area contributed by atoms with Gasteiger partial charge in [-0.15, -0.1) is 0 Å². The molecule has 0 spiro atoms. The van der Waals surface area contributed by atoms with Crippen LogP contribution in [0.2, 0.25) is 0 Å². The van der Waals surface area contributed by atoms with Crippen LogP contribution in [0, 0.1) is 11.3 Å². The Bertz CT molecular complexity index is 340. The van der Waals surface area contributed by atoms with Crippen molar-refractivity contribution in [3.63, 3.8) is 0 Å². The van der Waals surface area contributed by atoms with Gasteiger partial charge >= 0.3 is 0 Å². The third kappa shape index (κ3) is 4.33. The molecule has 3 heteroatoms. The van der Waals surface area contributed by atoms with E-state index in [1.807, 2.05) is 12.1 Å². The highest BCUT2D eigenvalue weighted by atomic mass is 16.5. The second-order valence-electron chi connectivity index (χ2n) is 3.79. The first-order chi connectivity index (χ1) is 7.76. The van der Waals surface area contributed by atoms with Crippen LogP contribution in [0.15, 0.2) is 24.3 Å². The van der Waals surface area contributed by atoms with Gasteiger partial charge in [0.05, 0.1) is 11.6 Å². The first-order valence-electron chi connectivity index (χ1n) is 5.57. The van der Waals surface area contributed by atoms with E-state index in [2.05, 4.69) is 24.9 Å². The summed E-state index contributed by atoms with van der Waals surface area (Å²) in [6.07, 6.45) is 1.16. The van der Waals surface area contributed by atoms with Crippen LogP contribution in [0.25, 0.3) is 0 Å². The van der Waals surface area contributed by atoms with E-state index in [1.165, 1.54) is 0 Å². The molecule has 0 radical (unpaired) electrons. The van der Waals surface area contributed by atoms with Crippen LogP contribution in [0.4, 0.5) is 0 Å². The van der Waals surface area contributed by atoms with Crippen LogP contribution < -0.4 is 4.74 Å². The number of hydrogen-bond acceptors (Lipinski definition) is 3. The van der Waals surface area contributed by atoms with Gasteiger partial charge in [-0.3, -0.25) is 0 Å². The topological polar surface area (TPSA) is 36.3 Å². The van der Waals surface area contributed by atoms with Gasteiger partial charge in [-0.2, -0.15) is 5.26 Å². The fraction of sp³-hybridized carbons (Fsp3) is 0.462. The molecule has 0 aliphatic carbocycles. The third-order valence-corrected chi connectivity index (χ3v) is 2.33. The fourth-order valence-electron chi connectivity index (χ4n) is 1.44. The van der Waals surface area contributed by atoms with Crippen LogP contribution in [0.1, 0.15) is 18.9 Å². The van der Waals surface area contributed by atoms with E-state index in [0.717, 1.165) is 25.3 Å². The summed E-state index contributed by atoms with van der Waals surface area (Å²) in [6, 6.07) is 9.28. The molecular weight excluding hydrogens is 200 g/mol. The Morgan fingerprint density at radius 3 is 2.50 bits per heavy atom. The lowest BCUT2D eigenvalue weighted by atomic mass is 10.2. The van der Waals surface area contributed by atoms with Gasteiger partial charge in [0.2, 0.25) is 0 Å². The molecule has 0 saturated heterocycles. The van der Waals surface area contributed by atoms with Crippen molar-refractivity contribution in [3.8, 4) is 11.8 Å². The Morgan fingerprint density at radius 1 is 1.25 bits per heavy atom. The summed E-state index contributed by atoms with van der Waals surface area (Å²) in [4.78, 5) is 2.24. The minimum atomic E-state index is 0.662. The average Bonchev–Trinajstić information content (AvgIpc) is 2.30. The molecule has 86 valence electrons. The third-order valence-electron chi connectivity index (χ3n) is 2.33. The molecule has 0 aliphatic heterocycles. The van der Waals surface area contributed by atoms with Crippen LogP contribution in [-0.2, 0) is 0 Å². The second-order valence-corrected chi connectivity index (χ2v) is 3.79. The van der Waals surface area contributed by atoms with E-state index in [9.17, 15) is 0 Å². The second kappa shape index (κ2) is 6.86. The molecule has 3 nitrogen and oxygen atoms in total. The molecule has 0 aromatic heterocycles. The summed E-state index contributed by atoms with van der Waals surface area (Å²) in [5.74, 6) is 0.823. The normalized spacial score (nSPS) is 10.1. The van der Waals surface area contributed by atoms with Crippen molar-refractivity contribution in [3.05, 3.63) is 29.8 Å². The Kier molecular flexibility index (Phi) is 5.38. The lowest BCUT2D eigenvalue weighted by Crippen LogP contribution is -2.24. The van der Waals surface area contributed by atoms with Crippen LogP contribution in [0.5, 0.6) is 5.75 Å². The van der Waals surface area contributed by atoms with Crippen LogP contribution in [-0.4, -0.2) is 31.6 Å². The lowest BCUT2D eigenvalue weighted by Gasteiger charge is -2.15. The molecule has 0 saturated carbocycles. The van der Waals surface area contributed by atoms with Gasteiger partial charge in [0.15, 0.2) is 0 Å². The van der Waals surface area contributed by atoms with Gasteiger partial charge in [0, 0.05) is 6.54 Å². The smallest absolute Gasteiger partial charge is 0.119 e. The molecule has 0 heterocycles. The Balaban J connectivity index is 2.29. The SMILES string of the molecule is CCCN(C)CCOc1ccc(C#N)cc1. The van der Waals surface area contributed by atoms with Crippen molar-refractivity contribution in [1.29, 1.82) is 5.26 Å². The molecule has 16 heavy (non-hydrogen) atoms. The molecule has 0 bridgehead atoms. The zero-order valence-electron chi connectivity index (χ0n) is 9.94. The standard InChI is InChI=1S/C13H18N2O/c1-3-8-15(2)9-10-16-13-6-4-12(11-14)5-7-13/h4-7H,3,8-10H2,1-2H3. The molecule has 0 aliphatic rings. The summed E-state index contributed by atoms with van der Waals surface area (Å²) in [6.45, 7) is 4.87. The van der Waals surface area contributed by atoms with Crippen LogP contribution in [0.3, 0.4) is 0 Å². The molecule has 0 unspecified atom stereocenters. The Labute approximate surface area is 97.3 Å². The van der Waals surface area contributed by atoms with Gasteiger partial charge < -0.3 is 9.64 Å². The fourth-order valence-corrected chi connectivity index (χ4v) is 1.44. The number of nitrogens with zero attached hydrogens (tertiary/aromatic N) is 2. The highest BCUT2D eigenvalue weighted by Crippen LogP contribution is 2.11. The van der Waals surface area contributed by atoms with Gasteiger partial charge in [-0.1, -0.05) is 6.92 Å². The van der Waals surface area contributed by atoms with Crippen molar-refractivity contribution >= 4 is 0 Å². The monoisotopic (exact) mass is 218 g/mol. The van der Waals surface area contributed by atoms with Crippen molar-refractivity contribution in [2.24, 2.45) is 0 Å². The van der Waals surface area contributed by atoms with Crippen LogP contribution >= 0.6 is 0 Å². The molecule has 1 aromatic rings. The first kappa shape index (κ1) is 12.5. The highest BCUT2D eigenvalue weighted by Gasteiger charge is 1.98. The van der Waals surface area contributed by atoms with Crippen molar-refractivity contribution in [2.75, 3.05) is 26.7 Å². The molecular formula is C13H18N2O. The quantitative estimate of drug-likeness (QED) is 0.735. The lowest BCUT2D eigenvalue weighted by molar-refractivity contribution is 0.237. The number of nitriles is 1. The minimum absolute atomic E-state index is 0.662. The minimum Gasteiger partial charge on any atom is -0.492 e. The molecule has 0 amide bonds. The number of rotatable bonds is 6. The van der Waals surface area contributed by atoms with E-state index < -0.39 is 0 Å². The van der Waals surface area contributed by atoms with E-state index in [1.54, 1.807) is 12.1 Å². The summed E-state index contributed by atoms with van der Waals surface area (Å²) < 4.78 is 5.57. The van der Waals surface area contributed by atoms with Gasteiger partial charge in [-0.25, -0.2) is 0 Å². The highest BCUT2D eigenvalue weighted by molar-refractivity contribution is 5.34. The van der Waals surface area contributed by atoms with Crippen molar-refractivity contribution in [1.82, 2.24) is 4.90 Å². The molecule has 0 N–H and O–H groups in total. The van der Waals surface area contributed by atoms with E-state index in [-0.39, 0.29) is 0 Å². The summed E-state index contributed by atoms with van der Waals surface area (Å²) in [5, 5.41) is 8.64. The summed E-state index contributed by atoms with van der Waals surface area (Å²) >= 11 is 0. The maximum atomic E-state index is 8.64. The first-order valence-corrected chi connectivity index (χ1v) is 5.57. The van der Waals surface area contributed by atoms with Crippen molar-refractivity contribution < 1.29 is 4.74 Å². The zero-order valence-corrected chi connectivity index (χ0v) is 9.94. The Hall–Kier alpha value is -1.53. The molecule has 1 aromatic carbocycles. The van der Waals surface area contributed by atoms with E-state index >= 15 is 0 Å². The largest absolute Gasteiger partial charge is 0.492 e. The molecule has 1 rings (SSSR count). The van der Waals surface area contributed by atoms with Gasteiger partial charge in [-0.05, 0) is 44.3 Å². The average molecular weight is 218 g/mol. The summed E-state index contributed by atoms with van der Waals surface area (Å²) in [5.41, 5.74) is 0.662. The maximum absolute atomic E-state index is 8.64. The zero-order chi connectivity index (χ0) is 11.8. The number of benzene rings is 1. The number of hydrogen-bond donors (Lipinski definition) is 0. The van der Waals surface area contributed by atoms with E-state index in [4.69, 9.17) is 10.00 Å². The van der Waals surface area contributed by atoms with Gasteiger partial charge in [0.25, 0.3) is 0 Å². The Morgan fingerprint density at radius 2 is 1.94 bits per heavy atom. The predicted molar refractivity (Wildman–Crippen MR) is 64.4 cm³/mol. The van der Waals surface area contributed by atoms with E-state index in [0.29, 0.717) is 12.2 Å². The van der Waals surface area contributed by atoms with Gasteiger partial charge in [0.1, 0.15) is 12.4 Å². The van der Waals surface area contributed by atoms with Crippen molar-refractivity contribution in [2.45, 2.75) is 13.3 Å².